The van der Waals surface area contributed by atoms with Gasteiger partial charge in [-0.15, -0.1) is 0 Å². The summed E-state index contributed by atoms with van der Waals surface area (Å²) in [6, 6.07) is 16.6. The van der Waals surface area contributed by atoms with Gasteiger partial charge >= 0.3 is 11.4 Å². The zero-order chi connectivity index (χ0) is 45.0. The molecule has 6 heterocycles. The third-order valence-electron chi connectivity index (χ3n) is 13.7. The number of fused-ring (bicyclic) bond motifs is 2. The van der Waals surface area contributed by atoms with E-state index in [-0.39, 0.29) is 23.3 Å². The van der Waals surface area contributed by atoms with E-state index >= 15 is 9.18 Å². The van der Waals surface area contributed by atoms with Crippen LogP contribution < -0.4 is 22.1 Å². The van der Waals surface area contributed by atoms with Crippen molar-refractivity contribution in [3.8, 4) is 22.6 Å². The van der Waals surface area contributed by atoms with Gasteiger partial charge < -0.3 is 24.1 Å². The molecule has 2 fully saturated rings. The number of carbonyl (C=O) groups excluding carboxylic acids is 1. The van der Waals surface area contributed by atoms with Crippen molar-refractivity contribution in [3.05, 3.63) is 128 Å². The number of aromatic nitrogens is 7. The van der Waals surface area contributed by atoms with Crippen molar-refractivity contribution in [2.45, 2.75) is 71.0 Å². The predicted molar refractivity (Wildman–Crippen MR) is 243 cm³/mol. The van der Waals surface area contributed by atoms with E-state index in [1.165, 1.54) is 10.1 Å². The number of benzene rings is 3. The average Bonchev–Trinajstić information content (AvgIpc) is 3.77. The standard InChI is InChI=1S/C47H51FN9O6P/c1-26-20-33(21-27(2)39(26)48)40-42(55-15-14-54(46(55)60)34-9-11-38(64(6,7)61)35(24-34)49-5)41-29(4)53(16-17-56(41)51-40)43(58)37-23-32-22-31(30-12-18-62-19-13-30)8-10-36(32)57(37)47(25-28(47)3)44-50-45(59)63-52-44/h8-11,14-15,20-24,28-30,49H,12-13,16-19,25H2,1-7H3,(H,50,52,59). The summed E-state index contributed by atoms with van der Waals surface area (Å²) in [5, 5.41) is 14.0. The lowest BCUT2D eigenvalue weighted by atomic mass is 9.91. The number of anilines is 1. The van der Waals surface area contributed by atoms with E-state index in [2.05, 4.69) is 40.6 Å². The molecule has 0 spiro atoms. The summed E-state index contributed by atoms with van der Waals surface area (Å²) in [5.41, 5.74) is 5.57. The number of aromatic amines is 1. The molecule has 4 aromatic heterocycles. The normalized spacial score (nSPS) is 20.2. The first-order valence-electron chi connectivity index (χ1n) is 21.8. The van der Waals surface area contributed by atoms with Crippen molar-refractivity contribution in [1.82, 2.24) is 38.5 Å². The number of nitrogens with zero attached hydrogens (tertiary/aromatic N) is 7. The quantitative estimate of drug-likeness (QED) is 0.144. The van der Waals surface area contributed by atoms with Crippen LogP contribution in [0.3, 0.4) is 0 Å². The SMILES string of the molecule is CNc1cc(-n2ccn(-c3c(-c4cc(C)c(F)c(C)c4)nn4c3C(C)N(C(=O)c3cc5cc(C6CCOCC6)ccc5n3C3(c5noc(=O)[nH]5)CC3C)CC4)c2=O)ccc1P(C)(C)=O. The molecule has 1 amide bonds. The highest BCUT2D eigenvalue weighted by Gasteiger charge is 2.59. The molecule has 7 aromatic rings. The molecule has 332 valence electrons. The van der Waals surface area contributed by atoms with Crippen LogP contribution >= 0.6 is 7.14 Å². The monoisotopic (exact) mass is 887 g/mol. The molecule has 1 saturated carbocycles. The van der Waals surface area contributed by atoms with Crippen LogP contribution in [0.25, 0.3) is 33.5 Å². The highest BCUT2D eigenvalue weighted by atomic mass is 31.2. The summed E-state index contributed by atoms with van der Waals surface area (Å²) in [7, 11) is -0.882. The molecule has 2 N–H and O–H groups in total. The number of hydrogen-bond donors (Lipinski definition) is 2. The Bertz CT molecular complexity index is 3170. The summed E-state index contributed by atoms with van der Waals surface area (Å²) in [4.78, 5) is 47.2. The van der Waals surface area contributed by atoms with Crippen molar-refractivity contribution in [3.63, 3.8) is 0 Å². The predicted octanol–water partition coefficient (Wildman–Crippen LogP) is 7.06. The first-order valence-corrected chi connectivity index (χ1v) is 24.4. The van der Waals surface area contributed by atoms with Crippen LogP contribution in [0.15, 0.2) is 81.1 Å². The van der Waals surface area contributed by atoms with Gasteiger partial charge in [0.1, 0.15) is 35.6 Å². The van der Waals surface area contributed by atoms with Gasteiger partial charge in [0.2, 0.25) is 0 Å². The number of rotatable bonds is 9. The lowest BCUT2D eigenvalue weighted by molar-refractivity contribution is 0.0623. The van der Waals surface area contributed by atoms with Crippen LogP contribution in [0.2, 0.25) is 0 Å². The van der Waals surface area contributed by atoms with Crippen LogP contribution in [-0.2, 0) is 21.4 Å². The van der Waals surface area contributed by atoms with E-state index in [1.54, 1.807) is 81.5 Å². The number of carbonyl (C=O) groups is 1. The van der Waals surface area contributed by atoms with Crippen molar-refractivity contribution >= 4 is 34.9 Å². The second-order valence-corrected chi connectivity index (χ2v) is 21.3. The van der Waals surface area contributed by atoms with Gasteiger partial charge in [0, 0.05) is 66.7 Å². The number of amides is 1. The maximum Gasteiger partial charge on any atom is 0.438 e. The Morgan fingerprint density at radius 1 is 0.969 bits per heavy atom. The molecule has 0 bridgehead atoms. The van der Waals surface area contributed by atoms with Gasteiger partial charge in [0.05, 0.1) is 24.0 Å². The van der Waals surface area contributed by atoms with Gasteiger partial charge in [-0.3, -0.25) is 28.1 Å². The fourth-order valence-electron chi connectivity index (χ4n) is 10.3. The Hall–Kier alpha value is -6.25. The second-order valence-electron chi connectivity index (χ2n) is 18.1. The molecule has 0 radical (unpaired) electrons. The summed E-state index contributed by atoms with van der Waals surface area (Å²) in [6.07, 6.45) is 5.81. The van der Waals surface area contributed by atoms with Gasteiger partial charge in [-0.25, -0.2) is 14.0 Å². The maximum absolute atomic E-state index is 15.5. The number of halogens is 1. The Morgan fingerprint density at radius 2 is 1.69 bits per heavy atom. The van der Waals surface area contributed by atoms with Crippen LogP contribution in [-0.4, -0.2) is 84.6 Å². The minimum absolute atomic E-state index is 0.0207. The largest absolute Gasteiger partial charge is 0.438 e. The first kappa shape index (κ1) is 41.7. The molecule has 3 unspecified atom stereocenters. The van der Waals surface area contributed by atoms with Crippen molar-refractivity contribution < 1.29 is 23.0 Å². The fraction of sp³-hybridized carbons (Fsp3) is 0.383. The summed E-state index contributed by atoms with van der Waals surface area (Å²) >= 11 is 0. The van der Waals surface area contributed by atoms with Gasteiger partial charge in [-0.2, -0.15) is 5.10 Å². The minimum Gasteiger partial charge on any atom is -0.387 e. The van der Waals surface area contributed by atoms with Gasteiger partial charge in [0.15, 0.2) is 5.82 Å². The van der Waals surface area contributed by atoms with E-state index in [0.717, 1.165) is 23.7 Å². The molecule has 1 saturated heterocycles. The van der Waals surface area contributed by atoms with Crippen molar-refractivity contribution in [2.24, 2.45) is 5.92 Å². The summed E-state index contributed by atoms with van der Waals surface area (Å²) in [5.74, 6) is -0.494. The van der Waals surface area contributed by atoms with Crippen LogP contribution in [0.5, 0.6) is 0 Å². The van der Waals surface area contributed by atoms with E-state index in [0.29, 0.717) is 101 Å². The molecule has 3 aliphatic rings. The fourth-order valence-corrected chi connectivity index (χ4v) is 11.5. The number of imidazole rings is 1. The number of H-pyrrole nitrogens is 1. The minimum atomic E-state index is -2.64. The van der Waals surface area contributed by atoms with Crippen LogP contribution in [0.4, 0.5) is 10.1 Å². The zero-order valence-electron chi connectivity index (χ0n) is 36.9. The first-order chi connectivity index (χ1) is 30.6. The highest BCUT2D eigenvalue weighted by molar-refractivity contribution is 7.70. The molecule has 2 aliphatic heterocycles. The Kier molecular flexibility index (Phi) is 9.91. The van der Waals surface area contributed by atoms with E-state index in [1.807, 2.05) is 27.1 Å². The number of ether oxygens (including phenoxy) is 1. The summed E-state index contributed by atoms with van der Waals surface area (Å²) < 4.78 is 45.9. The van der Waals surface area contributed by atoms with Gasteiger partial charge in [0.25, 0.3) is 5.91 Å². The van der Waals surface area contributed by atoms with Gasteiger partial charge in [-0.1, -0.05) is 18.1 Å². The average molecular weight is 888 g/mol. The molecule has 15 nitrogen and oxygen atoms in total. The van der Waals surface area contributed by atoms with Crippen molar-refractivity contribution in [1.29, 1.82) is 0 Å². The van der Waals surface area contributed by atoms with Crippen LogP contribution in [0, 0.1) is 25.6 Å². The maximum atomic E-state index is 15.5. The van der Waals surface area contributed by atoms with Gasteiger partial charge in [-0.05, 0) is 130 Å². The summed E-state index contributed by atoms with van der Waals surface area (Å²) in [6.45, 7) is 12.9. The third kappa shape index (κ3) is 6.55. The smallest absolute Gasteiger partial charge is 0.387 e. The number of hydrogen-bond acceptors (Lipinski definition) is 9. The molecule has 17 heteroatoms. The molecule has 3 aromatic carbocycles. The lowest BCUT2D eigenvalue weighted by Crippen LogP contribution is -2.43. The lowest BCUT2D eigenvalue weighted by Gasteiger charge is -2.35. The molecule has 3 atom stereocenters. The zero-order valence-corrected chi connectivity index (χ0v) is 37.8. The molecular weight excluding hydrogens is 837 g/mol. The molecule has 1 aliphatic carbocycles. The molecular formula is C47H51FN9O6P. The molecule has 64 heavy (non-hydrogen) atoms. The Morgan fingerprint density at radius 3 is 2.34 bits per heavy atom. The van der Waals surface area contributed by atoms with Crippen LogP contribution in [0.1, 0.15) is 83.8 Å². The molecule has 10 rings (SSSR count). The topological polar surface area (TPSA) is 167 Å². The second kappa shape index (κ2) is 15.2. The number of nitrogens with one attached hydrogen (secondary N) is 2. The van der Waals surface area contributed by atoms with E-state index in [9.17, 15) is 14.2 Å². The number of aryl methyl sites for hydroxylation is 2. The van der Waals surface area contributed by atoms with E-state index in [4.69, 9.17) is 14.4 Å². The van der Waals surface area contributed by atoms with E-state index < -0.39 is 24.5 Å². The third-order valence-corrected chi connectivity index (χ3v) is 15.3. The highest BCUT2D eigenvalue weighted by Crippen LogP contribution is 2.56. The Balaban J connectivity index is 1.12. The Labute approximate surface area is 368 Å². The van der Waals surface area contributed by atoms with Crippen molar-refractivity contribution in [2.75, 3.05) is 45.5 Å².